The van der Waals surface area contributed by atoms with E-state index in [2.05, 4.69) is 15.5 Å². The molecule has 1 heterocycles. The fraction of sp³-hybridized carbons (Fsp3) is 0.286. The second kappa shape index (κ2) is 9.79. The molecule has 1 amide bonds. The van der Waals surface area contributed by atoms with Gasteiger partial charge in [-0.1, -0.05) is 17.3 Å². The minimum absolute atomic E-state index is 0.0237. The highest BCUT2D eigenvalue weighted by Gasteiger charge is 2.24. The van der Waals surface area contributed by atoms with Gasteiger partial charge in [-0.25, -0.2) is 12.7 Å². The first kappa shape index (κ1) is 23.2. The Morgan fingerprint density at radius 2 is 1.88 bits per heavy atom. The highest BCUT2D eigenvalue weighted by atomic mass is 32.2. The Morgan fingerprint density at radius 1 is 1.12 bits per heavy atom. The van der Waals surface area contributed by atoms with Crippen LogP contribution in [0.25, 0.3) is 0 Å². The standard InChI is InChI=1S/C21H24N4O6S/c1-5-29-18-11-10-15(12-19(18)32(27,28)25(3)4)23-21(26)16-8-6-7-9-17(16)30-13-20-22-14(2)31-24-20/h6-12H,5,13H2,1-4H3,(H,23,26). The van der Waals surface area contributed by atoms with E-state index in [-0.39, 0.29) is 22.8 Å². The monoisotopic (exact) mass is 460 g/mol. The highest BCUT2D eigenvalue weighted by Crippen LogP contribution is 2.30. The van der Waals surface area contributed by atoms with E-state index in [1.54, 1.807) is 44.2 Å². The van der Waals surface area contributed by atoms with Gasteiger partial charge in [0.2, 0.25) is 21.7 Å². The minimum atomic E-state index is -3.79. The van der Waals surface area contributed by atoms with Gasteiger partial charge in [0.05, 0.1) is 12.2 Å². The van der Waals surface area contributed by atoms with E-state index >= 15 is 0 Å². The molecular weight excluding hydrogens is 436 g/mol. The first-order chi connectivity index (χ1) is 15.2. The number of amides is 1. The summed E-state index contributed by atoms with van der Waals surface area (Å²) in [6.45, 7) is 3.75. The highest BCUT2D eigenvalue weighted by molar-refractivity contribution is 7.89. The Labute approximate surface area is 186 Å². The molecule has 0 bridgehead atoms. The summed E-state index contributed by atoms with van der Waals surface area (Å²) in [6.07, 6.45) is 0. The van der Waals surface area contributed by atoms with Gasteiger partial charge < -0.3 is 19.3 Å². The minimum Gasteiger partial charge on any atom is -0.492 e. The van der Waals surface area contributed by atoms with Crippen LogP contribution in [0.3, 0.4) is 0 Å². The van der Waals surface area contributed by atoms with E-state index in [0.29, 0.717) is 29.8 Å². The van der Waals surface area contributed by atoms with E-state index in [1.807, 2.05) is 0 Å². The summed E-state index contributed by atoms with van der Waals surface area (Å²) < 4.78 is 42.5. The van der Waals surface area contributed by atoms with Crippen molar-refractivity contribution in [2.24, 2.45) is 0 Å². The molecule has 0 aliphatic heterocycles. The molecule has 0 spiro atoms. The van der Waals surface area contributed by atoms with Crippen molar-refractivity contribution < 1.29 is 27.2 Å². The molecule has 0 unspecified atom stereocenters. The zero-order valence-electron chi connectivity index (χ0n) is 18.2. The van der Waals surface area contributed by atoms with Gasteiger partial charge in [0.15, 0.2) is 6.61 Å². The van der Waals surface area contributed by atoms with Crippen LogP contribution >= 0.6 is 0 Å². The Morgan fingerprint density at radius 3 is 2.53 bits per heavy atom. The molecule has 2 aromatic carbocycles. The van der Waals surface area contributed by atoms with Gasteiger partial charge in [0.25, 0.3) is 5.91 Å². The number of sulfonamides is 1. The van der Waals surface area contributed by atoms with Crippen LogP contribution in [0.1, 0.15) is 29.0 Å². The van der Waals surface area contributed by atoms with Gasteiger partial charge in [0.1, 0.15) is 16.4 Å². The zero-order chi connectivity index (χ0) is 23.3. The first-order valence-corrected chi connectivity index (χ1v) is 11.2. The fourth-order valence-electron chi connectivity index (χ4n) is 2.78. The SMILES string of the molecule is CCOc1ccc(NC(=O)c2ccccc2OCc2noc(C)n2)cc1S(=O)(=O)N(C)C. The van der Waals surface area contributed by atoms with Gasteiger partial charge in [-0.2, -0.15) is 4.98 Å². The van der Waals surface area contributed by atoms with E-state index < -0.39 is 15.9 Å². The number of benzene rings is 2. The summed E-state index contributed by atoms with van der Waals surface area (Å²) in [5, 5.41) is 6.47. The van der Waals surface area contributed by atoms with Gasteiger partial charge in [-0.15, -0.1) is 0 Å². The topological polar surface area (TPSA) is 124 Å². The molecule has 0 saturated carbocycles. The quantitative estimate of drug-likeness (QED) is 0.517. The van der Waals surface area contributed by atoms with Crippen LogP contribution in [0, 0.1) is 6.92 Å². The molecule has 0 atom stereocenters. The van der Waals surface area contributed by atoms with Gasteiger partial charge in [0, 0.05) is 26.7 Å². The normalized spacial score (nSPS) is 11.4. The van der Waals surface area contributed by atoms with E-state index in [9.17, 15) is 13.2 Å². The number of carbonyl (C=O) groups excluding carboxylic acids is 1. The van der Waals surface area contributed by atoms with E-state index in [4.69, 9.17) is 14.0 Å². The Balaban J connectivity index is 1.84. The molecule has 1 N–H and O–H groups in total. The van der Waals surface area contributed by atoms with Crippen LogP contribution in [0.5, 0.6) is 11.5 Å². The van der Waals surface area contributed by atoms with Crippen LogP contribution < -0.4 is 14.8 Å². The zero-order valence-corrected chi connectivity index (χ0v) is 19.0. The van der Waals surface area contributed by atoms with Crippen molar-refractivity contribution in [1.82, 2.24) is 14.4 Å². The summed E-state index contributed by atoms with van der Waals surface area (Å²) in [7, 11) is -0.937. The molecule has 3 aromatic rings. The molecule has 0 radical (unpaired) electrons. The predicted octanol–water partition coefficient (Wildman–Crippen LogP) is 2.86. The largest absolute Gasteiger partial charge is 0.492 e. The molecule has 1 aromatic heterocycles. The number of rotatable bonds is 9. The average Bonchev–Trinajstić information content (AvgIpc) is 3.18. The van der Waals surface area contributed by atoms with Gasteiger partial charge in [-0.3, -0.25) is 4.79 Å². The lowest BCUT2D eigenvalue weighted by Crippen LogP contribution is -2.23. The van der Waals surface area contributed by atoms with Crippen molar-refractivity contribution in [3.8, 4) is 11.5 Å². The second-order valence-electron chi connectivity index (χ2n) is 6.85. The van der Waals surface area contributed by atoms with Crippen molar-refractivity contribution in [3.63, 3.8) is 0 Å². The Kier molecular flexibility index (Phi) is 7.11. The number of para-hydroxylation sites is 1. The van der Waals surface area contributed by atoms with Crippen LogP contribution in [0.15, 0.2) is 51.9 Å². The number of aryl methyl sites for hydroxylation is 1. The van der Waals surface area contributed by atoms with Gasteiger partial charge in [-0.05, 0) is 37.3 Å². The molecule has 10 nitrogen and oxygen atoms in total. The number of carbonyl (C=O) groups is 1. The molecule has 0 aliphatic carbocycles. The number of aromatic nitrogens is 2. The summed E-state index contributed by atoms with van der Waals surface area (Å²) in [6, 6.07) is 11.1. The number of nitrogens with one attached hydrogen (secondary N) is 1. The molecule has 11 heteroatoms. The second-order valence-corrected chi connectivity index (χ2v) is 8.97. The summed E-state index contributed by atoms with van der Waals surface area (Å²) in [5.74, 6) is 0.816. The third-order valence-corrected chi connectivity index (χ3v) is 6.15. The number of hydrogen-bond donors (Lipinski definition) is 1. The number of ether oxygens (including phenoxy) is 2. The average molecular weight is 461 g/mol. The molecule has 170 valence electrons. The van der Waals surface area contributed by atoms with Gasteiger partial charge >= 0.3 is 0 Å². The molecule has 0 fully saturated rings. The van der Waals surface area contributed by atoms with Crippen molar-refractivity contribution in [2.75, 3.05) is 26.0 Å². The lowest BCUT2D eigenvalue weighted by Gasteiger charge is -2.17. The van der Waals surface area contributed by atoms with Crippen LogP contribution in [-0.4, -0.2) is 49.5 Å². The molecular formula is C21H24N4O6S. The number of hydrogen-bond acceptors (Lipinski definition) is 8. The van der Waals surface area contributed by atoms with Crippen LogP contribution in [0.2, 0.25) is 0 Å². The smallest absolute Gasteiger partial charge is 0.259 e. The molecule has 0 aliphatic rings. The molecule has 3 rings (SSSR count). The summed E-state index contributed by atoms with van der Waals surface area (Å²) in [5.41, 5.74) is 0.557. The summed E-state index contributed by atoms with van der Waals surface area (Å²) >= 11 is 0. The van der Waals surface area contributed by atoms with Crippen molar-refractivity contribution >= 4 is 21.6 Å². The first-order valence-electron chi connectivity index (χ1n) is 9.74. The maximum atomic E-state index is 12.9. The van der Waals surface area contributed by atoms with Crippen LogP contribution in [-0.2, 0) is 16.6 Å². The molecule has 0 saturated heterocycles. The maximum Gasteiger partial charge on any atom is 0.259 e. The molecule has 32 heavy (non-hydrogen) atoms. The lowest BCUT2D eigenvalue weighted by molar-refractivity contribution is 0.102. The Hall–Kier alpha value is -3.44. The van der Waals surface area contributed by atoms with Crippen molar-refractivity contribution in [2.45, 2.75) is 25.3 Å². The number of anilines is 1. The predicted molar refractivity (Wildman–Crippen MR) is 116 cm³/mol. The fourth-order valence-corrected chi connectivity index (χ4v) is 3.83. The van der Waals surface area contributed by atoms with E-state index in [1.165, 1.54) is 26.2 Å². The van der Waals surface area contributed by atoms with Crippen molar-refractivity contribution in [1.29, 1.82) is 0 Å². The number of nitrogens with zero attached hydrogens (tertiary/aromatic N) is 3. The van der Waals surface area contributed by atoms with Crippen LogP contribution in [0.4, 0.5) is 5.69 Å². The third-order valence-electron chi connectivity index (χ3n) is 4.32. The van der Waals surface area contributed by atoms with E-state index in [0.717, 1.165) is 4.31 Å². The lowest BCUT2D eigenvalue weighted by atomic mass is 10.2. The third kappa shape index (κ3) is 5.24. The maximum absolute atomic E-state index is 12.9. The Bertz CT molecular complexity index is 1210. The van der Waals surface area contributed by atoms with Crippen molar-refractivity contribution in [3.05, 3.63) is 59.7 Å². The summed E-state index contributed by atoms with van der Waals surface area (Å²) in [4.78, 5) is 16.9.